The summed E-state index contributed by atoms with van der Waals surface area (Å²) in [5.74, 6) is 0. The van der Waals surface area contributed by atoms with Gasteiger partial charge >= 0.3 is 0 Å². The molecule has 0 amide bonds. The maximum absolute atomic E-state index is 11.2. The molecular weight excluding hydrogens is 372 g/mol. The summed E-state index contributed by atoms with van der Waals surface area (Å²) in [7, 11) is -6.22. The molecule has 1 aliphatic carbocycles. The van der Waals surface area contributed by atoms with Gasteiger partial charge in [-0.1, -0.05) is 12.1 Å². The zero-order valence-corrected chi connectivity index (χ0v) is 16.1. The van der Waals surface area contributed by atoms with Crippen molar-refractivity contribution in [3.05, 3.63) is 59.7 Å². The average molecular weight is 393 g/mol. The Hall–Kier alpha value is -2.21. The largest absolute Gasteiger partial charge is 0.321 e. The van der Waals surface area contributed by atoms with E-state index < -0.39 is 19.7 Å². The van der Waals surface area contributed by atoms with Crippen LogP contribution in [0.15, 0.2) is 58.3 Å². The van der Waals surface area contributed by atoms with E-state index >= 15 is 0 Å². The van der Waals surface area contributed by atoms with Crippen LogP contribution in [-0.2, 0) is 25.2 Å². The first-order valence-electron chi connectivity index (χ1n) is 7.75. The van der Waals surface area contributed by atoms with Crippen molar-refractivity contribution >= 4 is 19.7 Å². The summed E-state index contributed by atoms with van der Waals surface area (Å²) in [6, 6.07) is 14.6. The first kappa shape index (κ1) is 20.1. The van der Waals surface area contributed by atoms with Crippen molar-refractivity contribution in [3.8, 4) is 6.07 Å². The van der Waals surface area contributed by atoms with Gasteiger partial charge < -0.3 is 5.73 Å². The molecular formula is C18H20N2O4S2. The molecule has 0 heterocycles. The predicted molar refractivity (Wildman–Crippen MR) is 98.9 cm³/mol. The number of sulfone groups is 2. The molecule has 138 valence electrons. The molecule has 2 aromatic rings. The molecule has 6 nitrogen and oxygen atoms in total. The van der Waals surface area contributed by atoms with Crippen LogP contribution in [0, 0.1) is 11.3 Å². The minimum atomic E-state index is -3.14. The Morgan fingerprint density at radius 2 is 1.23 bits per heavy atom. The van der Waals surface area contributed by atoms with Crippen molar-refractivity contribution in [2.24, 2.45) is 5.73 Å². The van der Waals surface area contributed by atoms with Gasteiger partial charge in [0, 0.05) is 18.1 Å². The molecule has 0 bridgehead atoms. The Morgan fingerprint density at radius 1 is 0.846 bits per heavy atom. The Labute approximate surface area is 154 Å². The second-order valence-corrected chi connectivity index (χ2v) is 10.4. The number of nitrogens with two attached hydrogens (primary N) is 1. The number of hydrogen-bond donors (Lipinski definition) is 1. The van der Waals surface area contributed by atoms with Crippen molar-refractivity contribution in [2.75, 3.05) is 12.5 Å². The van der Waals surface area contributed by atoms with Crippen LogP contribution in [0.1, 0.15) is 24.0 Å². The molecule has 1 saturated carbocycles. The molecule has 1 aliphatic rings. The Morgan fingerprint density at radius 3 is 1.54 bits per heavy atom. The second-order valence-electron chi connectivity index (χ2n) is 6.36. The third kappa shape index (κ3) is 5.14. The van der Waals surface area contributed by atoms with E-state index in [1.165, 1.54) is 30.5 Å². The first-order chi connectivity index (χ1) is 12.0. The summed E-state index contributed by atoms with van der Waals surface area (Å²) >= 11 is 0. The molecule has 1 fully saturated rings. The molecule has 2 aromatic carbocycles. The highest BCUT2D eigenvalue weighted by Gasteiger charge is 2.39. The van der Waals surface area contributed by atoms with Crippen LogP contribution in [0.5, 0.6) is 0 Å². The van der Waals surface area contributed by atoms with Crippen LogP contribution in [-0.4, -0.2) is 29.3 Å². The van der Waals surface area contributed by atoms with Gasteiger partial charge in [0.15, 0.2) is 19.7 Å². The quantitative estimate of drug-likeness (QED) is 0.853. The topological polar surface area (TPSA) is 118 Å². The van der Waals surface area contributed by atoms with E-state index in [0.717, 1.165) is 24.7 Å². The van der Waals surface area contributed by atoms with E-state index in [2.05, 4.69) is 0 Å². The summed E-state index contributed by atoms with van der Waals surface area (Å²) in [5, 5.41) is 8.43. The van der Waals surface area contributed by atoms with Gasteiger partial charge in [0.05, 0.1) is 21.4 Å². The van der Waals surface area contributed by atoms with Crippen molar-refractivity contribution < 1.29 is 16.8 Å². The van der Waals surface area contributed by atoms with Crippen LogP contribution in [0.4, 0.5) is 0 Å². The SMILES string of the molecule is CS(=O)(=O)c1ccc(C#N)cc1.CS(=O)(=O)c1ccc(C2(N)CC2)cc1. The summed E-state index contributed by atoms with van der Waals surface area (Å²) in [6.07, 6.45) is 4.32. The van der Waals surface area contributed by atoms with E-state index in [-0.39, 0.29) is 10.4 Å². The number of rotatable bonds is 3. The molecule has 2 N–H and O–H groups in total. The van der Waals surface area contributed by atoms with E-state index in [4.69, 9.17) is 11.0 Å². The minimum Gasteiger partial charge on any atom is -0.321 e. The lowest BCUT2D eigenvalue weighted by Crippen LogP contribution is -2.18. The number of nitrogens with zero attached hydrogens (tertiary/aromatic N) is 1. The van der Waals surface area contributed by atoms with Gasteiger partial charge in [0.25, 0.3) is 0 Å². The Kier molecular flexibility index (Phi) is 5.56. The molecule has 0 aliphatic heterocycles. The van der Waals surface area contributed by atoms with E-state index in [9.17, 15) is 16.8 Å². The molecule has 8 heteroatoms. The third-order valence-corrected chi connectivity index (χ3v) is 6.31. The van der Waals surface area contributed by atoms with Gasteiger partial charge in [-0.3, -0.25) is 0 Å². The lowest BCUT2D eigenvalue weighted by molar-refractivity contribution is 0.600. The lowest BCUT2D eigenvalue weighted by Gasteiger charge is -2.08. The molecule has 3 rings (SSSR count). The number of hydrogen-bond acceptors (Lipinski definition) is 6. The van der Waals surface area contributed by atoms with Crippen LogP contribution in [0.2, 0.25) is 0 Å². The fourth-order valence-corrected chi connectivity index (χ4v) is 3.50. The normalized spacial score (nSPS) is 15.3. The van der Waals surface area contributed by atoms with Crippen LogP contribution < -0.4 is 5.73 Å². The van der Waals surface area contributed by atoms with E-state index in [1.54, 1.807) is 12.1 Å². The average Bonchev–Trinajstić information content (AvgIpc) is 3.33. The monoisotopic (exact) mass is 392 g/mol. The van der Waals surface area contributed by atoms with Crippen molar-refractivity contribution in [2.45, 2.75) is 28.2 Å². The highest BCUT2D eigenvalue weighted by molar-refractivity contribution is 7.91. The fourth-order valence-electron chi connectivity index (χ4n) is 2.23. The van der Waals surface area contributed by atoms with Gasteiger partial charge in [-0.15, -0.1) is 0 Å². The zero-order chi connectivity index (χ0) is 19.6. The van der Waals surface area contributed by atoms with Crippen molar-refractivity contribution in [3.63, 3.8) is 0 Å². The van der Waals surface area contributed by atoms with Gasteiger partial charge in [-0.2, -0.15) is 5.26 Å². The fraction of sp³-hybridized carbons (Fsp3) is 0.278. The Balaban J connectivity index is 0.000000190. The standard InChI is InChI=1S/C10H13NO2S.C8H7NO2S/c1-14(12,13)9-4-2-8(3-5-9)10(11)6-7-10;1-12(10,11)8-4-2-7(6-9)3-5-8/h2-5H,6-7,11H2,1H3;2-5H,1H3. The molecule has 26 heavy (non-hydrogen) atoms. The zero-order valence-electron chi connectivity index (χ0n) is 14.5. The van der Waals surface area contributed by atoms with Crippen molar-refractivity contribution in [1.82, 2.24) is 0 Å². The maximum atomic E-state index is 11.2. The molecule has 0 spiro atoms. The predicted octanol–water partition coefficient (Wildman–Crippen LogP) is 2.00. The van der Waals surface area contributed by atoms with E-state index in [0.29, 0.717) is 10.5 Å². The van der Waals surface area contributed by atoms with Crippen LogP contribution >= 0.6 is 0 Å². The van der Waals surface area contributed by atoms with Gasteiger partial charge in [0.1, 0.15) is 0 Å². The molecule has 0 saturated heterocycles. The maximum Gasteiger partial charge on any atom is 0.175 e. The Bertz CT molecular complexity index is 1030. The molecule has 0 unspecified atom stereocenters. The van der Waals surface area contributed by atoms with Gasteiger partial charge in [-0.05, 0) is 54.8 Å². The van der Waals surface area contributed by atoms with Gasteiger partial charge in [-0.25, -0.2) is 16.8 Å². The summed E-state index contributed by atoms with van der Waals surface area (Å²) in [6.45, 7) is 0. The number of nitriles is 1. The van der Waals surface area contributed by atoms with Crippen LogP contribution in [0.25, 0.3) is 0 Å². The molecule has 0 aromatic heterocycles. The third-order valence-electron chi connectivity index (χ3n) is 4.06. The number of benzene rings is 2. The molecule has 0 atom stereocenters. The smallest absolute Gasteiger partial charge is 0.175 e. The molecule has 0 radical (unpaired) electrons. The van der Waals surface area contributed by atoms with E-state index in [1.807, 2.05) is 18.2 Å². The first-order valence-corrected chi connectivity index (χ1v) is 11.5. The van der Waals surface area contributed by atoms with Crippen LogP contribution in [0.3, 0.4) is 0 Å². The van der Waals surface area contributed by atoms with Gasteiger partial charge in [0.2, 0.25) is 0 Å². The summed E-state index contributed by atoms with van der Waals surface area (Å²) in [5.41, 5.74) is 7.29. The summed E-state index contributed by atoms with van der Waals surface area (Å²) < 4.78 is 44.3. The highest BCUT2D eigenvalue weighted by atomic mass is 32.2. The summed E-state index contributed by atoms with van der Waals surface area (Å²) in [4.78, 5) is 0.590. The second kappa shape index (κ2) is 7.19. The van der Waals surface area contributed by atoms with Crippen molar-refractivity contribution in [1.29, 1.82) is 5.26 Å². The highest BCUT2D eigenvalue weighted by Crippen LogP contribution is 2.42. The lowest BCUT2D eigenvalue weighted by atomic mass is 10.1. The minimum absolute atomic E-state index is 0.184.